The summed E-state index contributed by atoms with van der Waals surface area (Å²) in [6.45, 7) is 3.99. The molecule has 4 heterocycles. The molecule has 7 nitrogen and oxygen atoms in total. The average molecular weight is 395 g/mol. The highest BCUT2D eigenvalue weighted by Crippen LogP contribution is 2.29. The zero-order chi connectivity index (χ0) is 20.2. The molecule has 0 radical (unpaired) electrons. The molecule has 0 aromatic carbocycles. The number of Topliss-reactive ketones (excluding diaryl/α,β-unsaturated/α-hetero) is 1. The van der Waals surface area contributed by atoms with Crippen LogP contribution >= 0.6 is 0 Å². The van der Waals surface area contributed by atoms with Crippen LogP contribution in [0.1, 0.15) is 47.4 Å². The first-order chi connectivity index (χ1) is 14.2. The third-order valence-electron chi connectivity index (χ3n) is 5.16. The fourth-order valence-electron chi connectivity index (χ4n) is 3.64. The zero-order valence-corrected chi connectivity index (χ0v) is 16.8. The van der Waals surface area contributed by atoms with Crippen molar-refractivity contribution in [3.8, 4) is 11.6 Å². The second kappa shape index (κ2) is 8.61. The molecule has 152 valence electrons. The van der Waals surface area contributed by atoms with E-state index in [1.54, 1.807) is 18.2 Å². The Bertz CT molecular complexity index is 1010. The van der Waals surface area contributed by atoms with Gasteiger partial charge in [-0.05, 0) is 25.8 Å². The topological polar surface area (TPSA) is 75.0 Å². The van der Waals surface area contributed by atoms with Crippen LogP contribution in [-0.4, -0.2) is 47.1 Å². The minimum Gasteiger partial charge on any atom is -0.493 e. The van der Waals surface area contributed by atoms with Gasteiger partial charge in [0, 0.05) is 55.6 Å². The molecule has 7 heteroatoms. The second-order valence-corrected chi connectivity index (χ2v) is 7.08. The number of fused-ring (bicyclic) bond motifs is 1. The van der Waals surface area contributed by atoms with Crippen molar-refractivity contribution in [3.63, 3.8) is 0 Å². The summed E-state index contributed by atoms with van der Waals surface area (Å²) in [4.78, 5) is 21.9. The molecule has 0 aliphatic carbocycles. The van der Waals surface area contributed by atoms with Crippen LogP contribution in [0.4, 0.5) is 0 Å². The SMILES string of the molecule is CCOc1cc2nc(C3CCOCC3)cn2cc1CC(=O)c1cccc(OC)n1. The summed E-state index contributed by atoms with van der Waals surface area (Å²) in [5.41, 5.74) is 3.07. The van der Waals surface area contributed by atoms with E-state index in [4.69, 9.17) is 19.2 Å². The molecule has 1 saturated heterocycles. The molecule has 0 bridgehead atoms. The number of ketones is 1. The molecule has 1 fully saturated rings. The molecular weight excluding hydrogens is 370 g/mol. The molecule has 0 atom stereocenters. The minimum absolute atomic E-state index is 0.0889. The van der Waals surface area contributed by atoms with Crippen LogP contribution in [0.2, 0.25) is 0 Å². The number of hydrogen-bond acceptors (Lipinski definition) is 6. The van der Waals surface area contributed by atoms with Gasteiger partial charge in [0.2, 0.25) is 5.88 Å². The van der Waals surface area contributed by atoms with Crippen molar-refractivity contribution in [2.75, 3.05) is 26.9 Å². The van der Waals surface area contributed by atoms with E-state index in [0.29, 0.717) is 29.8 Å². The van der Waals surface area contributed by atoms with E-state index in [1.807, 2.05) is 23.6 Å². The maximum atomic E-state index is 12.8. The number of pyridine rings is 2. The number of nitrogens with zero attached hydrogens (tertiary/aromatic N) is 3. The Kier molecular flexibility index (Phi) is 5.76. The molecule has 0 spiro atoms. The van der Waals surface area contributed by atoms with Crippen molar-refractivity contribution < 1.29 is 19.0 Å². The number of ether oxygens (including phenoxy) is 3. The Hall–Kier alpha value is -2.93. The molecule has 1 aliphatic heterocycles. The van der Waals surface area contributed by atoms with Gasteiger partial charge in [-0.25, -0.2) is 9.97 Å². The highest BCUT2D eigenvalue weighted by atomic mass is 16.5. The van der Waals surface area contributed by atoms with E-state index in [2.05, 4.69) is 11.2 Å². The lowest BCUT2D eigenvalue weighted by Gasteiger charge is -2.19. The van der Waals surface area contributed by atoms with Crippen LogP contribution in [0.3, 0.4) is 0 Å². The first-order valence-corrected chi connectivity index (χ1v) is 9.94. The zero-order valence-electron chi connectivity index (χ0n) is 16.8. The molecule has 3 aromatic heterocycles. The molecule has 0 saturated carbocycles. The van der Waals surface area contributed by atoms with Gasteiger partial charge in [-0.3, -0.25) is 4.79 Å². The summed E-state index contributed by atoms with van der Waals surface area (Å²) in [6, 6.07) is 7.09. The van der Waals surface area contributed by atoms with Crippen molar-refractivity contribution in [3.05, 3.63) is 53.6 Å². The number of rotatable bonds is 7. The quantitative estimate of drug-likeness (QED) is 0.571. The first-order valence-electron chi connectivity index (χ1n) is 9.94. The van der Waals surface area contributed by atoms with Gasteiger partial charge in [0.1, 0.15) is 17.1 Å². The van der Waals surface area contributed by atoms with Crippen molar-refractivity contribution in [2.24, 2.45) is 0 Å². The summed E-state index contributed by atoms with van der Waals surface area (Å²) in [7, 11) is 1.53. The molecule has 4 rings (SSSR count). The Labute approximate surface area is 169 Å². The van der Waals surface area contributed by atoms with E-state index < -0.39 is 0 Å². The lowest BCUT2D eigenvalue weighted by molar-refractivity contribution is 0.0846. The van der Waals surface area contributed by atoms with Crippen molar-refractivity contribution >= 4 is 11.4 Å². The fourth-order valence-corrected chi connectivity index (χ4v) is 3.64. The number of imidazole rings is 1. The summed E-state index contributed by atoms with van der Waals surface area (Å²) in [5, 5.41) is 0. The van der Waals surface area contributed by atoms with Crippen molar-refractivity contribution in [1.29, 1.82) is 0 Å². The maximum Gasteiger partial charge on any atom is 0.213 e. The Morgan fingerprint density at radius 1 is 1.24 bits per heavy atom. The Balaban J connectivity index is 1.64. The van der Waals surface area contributed by atoms with Gasteiger partial charge in [-0.15, -0.1) is 0 Å². The van der Waals surface area contributed by atoms with E-state index in [0.717, 1.165) is 43.0 Å². The summed E-state index contributed by atoms with van der Waals surface area (Å²) < 4.78 is 18.4. The predicted molar refractivity (Wildman–Crippen MR) is 108 cm³/mol. The maximum absolute atomic E-state index is 12.8. The molecular formula is C22H25N3O4. The van der Waals surface area contributed by atoms with Gasteiger partial charge >= 0.3 is 0 Å². The van der Waals surface area contributed by atoms with E-state index in [9.17, 15) is 4.79 Å². The highest BCUT2D eigenvalue weighted by molar-refractivity contribution is 5.96. The van der Waals surface area contributed by atoms with Gasteiger partial charge in [0.25, 0.3) is 0 Å². The van der Waals surface area contributed by atoms with E-state index >= 15 is 0 Å². The van der Waals surface area contributed by atoms with Gasteiger partial charge in [0.15, 0.2) is 5.78 Å². The summed E-state index contributed by atoms with van der Waals surface area (Å²) >= 11 is 0. The van der Waals surface area contributed by atoms with E-state index in [-0.39, 0.29) is 12.2 Å². The molecule has 3 aromatic rings. The monoisotopic (exact) mass is 395 g/mol. The highest BCUT2D eigenvalue weighted by Gasteiger charge is 2.20. The minimum atomic E-state index is -0.0889. The van der Waals surface area contributed by atoms with Gasteiger partial charge in [-0.1, -0.05) is 6.07 Å². The summed E-state index contributed by atoms with van der Waals surface area (Å²) in [5.74, 6) is 1.42. The van der Waals surface area contributed by atoms with Crippen LogP contribution in [0.15, 0.2) is 36.7 Å². The normalized spacial score (nSPS) is 14.8. The molecule has 29 heavy (non-hydrogen) atoms. The molecule has 0 unspecified atom stereocenters. The van der Waals surface area contributed by atoms with Crippen molar-refractivity contribution in [2.45, 2.75) is 32.1 Å². The van der Waals surface area contributed by atoms with Crippen LogP contribution < -0.4 is 9.47 Å². The molecule has 0 N–H and O–H groups in total. The summed E-state index contributed by atoms with van der Waals surface area (Å²) in [6.07, 6.45) is 6.15. The first kappa shape index (κ1) is 19.4. The number of aromatic nitrogens is 3. The van der Waals surface area contributed by atoms with Crippen molar-refractivity contribution in [1.82, 2.24) is 14.4 Å². The second-order valence-electron chi connectivity index (χ2n) is 7.08. The third-order valence-corrected chi connectivity index (χ3v) is 5.16. The van der Waals surface area contributed by atoms with Crippen LogP contribution in [0.25, 0.3) is 5.65 Å². The standard InChI is InChI=1S/C22H25N3O4/c1-3-29-20-12-21-23-18(15-7-9-28-10-8-15)14-25(21)13-16(20)11-19(26)17-5-4-6-22(24-17)27-2/h4-6,12-15H,3,7-11H2,1-2H3. The number of methoxy groups -OCH3 is 1. The predicted octanol–water partition coefficient (Wildman–Crippen LogP) is 3.46. The molecule has 1 aliphatic rings. The third kappa shape index (κ3) is 4.24. The fraction of sp³-hybridized carbons (Fsp3) is 0.409. The van der Waals surface area contributed by atoms with Crippen LogP contribution in [0.5, 0.6) is 11.6 Å². The van der Waals surface area contributed by atoms with Gasteiger partial charge in [-0.2, -0.15) is 0 Å². The van der Waals surface area contributed by atoms with Crippen LogP contribution in [0, 0.1) is 0 Å². The number of carbonyl (C=O) groups excluding carboxylic acids is 1. The van der Waals surface area contributed by atoms with Gasteiger partial charge in [0.05, 0.1) is 19.4 Å². The molecule has 0 amide bonds. The smallest absolute Gasteiger partial charge is 0.213 e. The lowest BCUT2D eigenvalue weighted by Crippen LogP contribution is -2.14. The number of hydrogen-bond donors (Lipinski definition) is 0. The Morgan fingerprint density at radius 2 is 2.07 bits per heavy atom. The average Bonchev–Trinajstić information content (AvgIpc) is 3.17. The van der Waals surface area contributed by atoms with E-state index in [1.165, 1.54) is 7.11 Å². The Morgan fingerprint density at radius 3 is 2.83 bits per heavy atom. The lowest BCUT2D eigenvalue weighted by atomic mass is 9.97. The van der Waals surface area contributed by atoms with Gasteiger partial charge < -0.3 is 18.6 Å². The van der Waals surface area contributed by atoms with Crippen LogP contribution in [-0.2, 0) is 11.2 Å². The largest absolute Gasteiger partial charge is 0.493 e. The number of carbonyl (C=O) groups is 1.